The van der Waals surface area contributed by atoms with E-state index < -0.39 is 67.9 Å². The van der Waals surface area contributed by atoms with Gasteiger partial charge in [0.2, 0.25) is 0 Å². The quantitative estimate of drug-likeness (QED) is 0.191. The van der Waals surface area contributed by atoms with Gasteiger partial charge in [-0.15, -0.1) is 5.23 Å². The molecule has 4 N–H and O–H groups in total. The summed E-state index contributed by atoms with van der Waals surface area (Å²) in [4.78, 5) is 22.8. The number of carbonyl (C=O) groups excluding carboxylic acids is 1. The minimum absolute atomic E-state index is 0.105. The van der Waals surface area contributed by atoms with Gasteiger partial charge in [0, 0.05) is 11.6 Å². The van der Waals surface area contributed by atoms with E-state index in [-0.39, 0.29) is 24.0 Å². The Morgan fingerprint density at radius 2 is 1.54 bits per heavy atom. The van der Waals surface area contributed by atoms with Gasteiger partial charge >= 0.3 is 18.3 Å². The number of fused-ring (bicyclic) bond motifs is 1. The Bertz CT molecular complexity index is 1190. The zero-order valence-corrected chi connectivity index (χ0v) is 17.3. The summed E-state index contributed by atoms with van der Waals surface area (Å²) >= 11 is 0. The van der Waals surface area contributed by atoms with Crippen molar-refractivity contribution in [1.29, 1.82) is 0 Å². The van der Waals surface area contributed by atoms with E-state index in [0.29, 0.717) is 12.1 Å². The molecule has 0 fully saturated rings. The topological polar surface area (TPSA) is 137 Å². The van der Waals surface area contributed by atoms with Gasteiger partial charge in [-0.1, -0.05) is 0 Å². The number of nitro groups is 1. The van der Waals surface area contributed by atoms with E-state index in [2.05, 4.69) is 10.6 Å². The van der Waals surface area contributed by atoms with Gasteiger partial charge in [-0.2, -0.15) is 26.3 Å². The highest BCUT2D eigenvalue weighted by molar-refractivity contribution is 6.07. The van der Waals surface area contributed by atoms with Crippen molar-refractivity contribution in [1.82, 2.24) is 0 Å². The van der Waals surface area contributed by atoms with Gasteiger partial charge in [0.25, 0.3) is 5.69 Å². The zero-order chi connectivity index (χ0) is 26.3. The van der Waals surface area contributed by atoms with Gasteiger partial charge < -0.3 is 15.4 Å². The maximum atomic E-state index is 13.3. The highest BCUT2D eigenvalue weighted by Crippen LogP contribution is 2.43. The Hall–Kier alpha value is -4.05. The smallest absolute Gasteiger partial charge is 0.416 e. The van der Waals surface area contributed by atoms with E-state index in [1.54, 1.807) is 0 Å². The summed E-state index contributed by atoms with van der Waals surface area (Å²) in [6, 6.07) is 2.15. The number of carbonyl (C=O) groups is 1. The Morgan fingerprint density at radius 3 is 2.00 bits per heavy atom. The number of nitrogens with one attached hydrogen (secondary N) is 2. The molecule has 35 heavy (non-hydrogen) atoms. The number of halogens is 6. The van der Waals surface area contributed by atoms with Gasteiger partial charge in [0.1, 0.15) is 5.70 Å². The van der Waals surface area contributed by atoms with Crippen LogP contribution >= 0.6 is 0 Å². The molecule has 16 heteroatoms. The summed E-state index contributed by atoms with van der Waals surface area (Å²) in [5.41, 5.74) is -7.40. The number of benzene rings is 2. The summed E-state index contributed by atoms with van der Waals surface area (Å²) in [5, 5.41) is 34.1. The van der Waals surface area contributed by atoms with Gasteiger partial charge in [-0.25, -0.2) is 4.79 Å². The second kappa shape index (κ2) is 8.95. The molecule has 0 unspecified atom stereocenters. The molecule has 0 amide bonds. The molecule has 0 atom stereocenters. The van der Waals surface area contributed by atoms with E-state index >= 15 is 0 Å². The minimum Gasteiger partial charge on any atom is -0.461 e. The third kappa shape index (κ3) is 5.22. The standard InChI is InChI=1S/C19H14F6N4O6/c1-2-35-17(30)16-15(8-3-9(18(20,21)22)5-10(4-8)19(23,24)25)26-11-6-13(28(31)32)14(29(33)34)7-12(11)27-16/h3-7,26-27,33-34H,2H2,1H3. The second-order valence-electron chi connectivity index (χ2n) is 6.95. The van der Waals surface area contributed by atoms with Crippen molar-refractivity contribution in [3.8, 4) is 0 Å². The molecule has 1 aliphatic rings. The lowest BCUT2D eigenvalue weighted by atomic mass is 9.99. The first kappa shape index (κ1) is 25.6. The van der Waals surface area contributed by atoms with E-state index in [4.69, 9.17) is 4.74 Å². The Labute approximate surface area is 191 Å². The number of nitro benzene ring substituents is 1. The van der Waals surface area contributed by atoms with Gasteiger partial charge in [-0.05, 0) is 31.2 Å². The van der Waals surface area contributed by atoms with Crippen LogP contribution in [0.15, 0.2) is 36.0 Å². The first-order valence-corrected chi connectivity index (χ1v) is 9.39. The SMILES string of the molecule is CCOC(=O)C1=C(c2cc(C(F)(F)F)cc(C(F)(F)F)c2)Nc2cc([N+](=O)[O-])c(N(O)O)cc2N1. The monoisotopic (exact) mass is 508 g/mol. The van der Waals surface area contributed by atoms with Gasteiger partial charge in [-0.3, -0.25) is 20.5 Å². The fraction of sp³-hybridized carbons (Fsp3) is 0.211. The van der Waals surface area contributed by atoms with Crippen LogP contribution in [0.2, 0.25) is 0 Å². The molecule has 0 bridgehead atoms. The van der Waals surface area contributed by atoms with E-state index in [1.807, 2.05) is 0 Å². The molecule has 2 aromatic carbocycles. The predicted molar refractivity (Wildman–Crippen MR) is 106 cm³/mol. The lowest BCUT2D eigenvalue weighted by Crippen LogP contribution is -2.25. The lowest BCUT2D eigenvalue weighted by Gasteiger charge is -2.27. The molecule has 0 aliphatic carbocycles. The highest BCUT2D eigenvalue weighted by Gasteiger charge is 2.38. The fourth-order valence-electron chi connectivity index (χ4n) is 3.16. The van der Waals surface area contributed by atoms with Crippen molar-refractivity contribution in [2.24, 2.45) is 0 Å². The van der Waals surface area contributed by atoms with Crippen LogP contribution in [0.1, 0.15) is 23.6 Å². The first-order valence-electron chi connectivity index (χ1n) is 9.39. The van der Waals surface area contributed by atoms with Crippen LogP contribution in [0, 0.1) is 10.1 Å². The lowest BCUT2D eigenvalue weighted by molar-refractivity contribution is -0.384. The predicted octanol–water partition coefficient (Wildman–Crippen LogP) is 4.99. The number of hydrogen-bond acceptors (Lipinski definition) is 9. The molecular formula is C19H14F6N4O6. The van der Waals surface area contributed by atoms with E-state index in [1.165, 1.54) is 6.92 Å². The molecule has 1 heterocycles. The van der Waals surface area contributed by atoms with Crippen molar-refractivity contribution in [2.45, 2.75) is 19.3 Å². The van der Waals surface area contributed by atoms with Crippen LogP contribution in [0.3, 0.4) is 0 Å². The van der Waals surface area contributed by atoms with Crippen molar-refractivity contribution in [3.05, 3.63) is 62.8 Å². The maximum Gasteiger partial charge on any atom is 0.416 e. The Balaban J connectivity index is 2.28. The van der Waals surface area contributed by atoms with Crippen LogP contribution in [0.4, 0.5) is 49.1 Å². The van der Waals surface area contributed by atoms with Crippen molar-refractivity contribution >= 4 is 34.4 Å². The molecule has 10 nitrogen and oxygen atoms in total. The van der Waals surface area contributed by atoms with Crippen molar-refractivity contribution < 1.29 is 51.2 Å². The average molecular weight is 508 g/mol. The number of anilines is 3. The summed E-state index contributed by atoms with van der Waals surface area (Å²) in [7, 11) is 0. The first-order chi connectivity index (χ1) is 16.1. The summed E-state index contributed by atoms with van der Waals surface area (Å²) in [5.74, 6) is -1.18. The molecule has 1 aliphatic heterocycles. The van der Waals surface area contributed by atoms with Crippen molar-refractivity contribution in [2.75, 3.05) is 22.5 Å². The Morgan fingerprint density at radius 1 is 1.00 bits per heavy atom. The number of nitrogens with zero attached hydrogens (tertiary/aromatic N) is 2. The third-order valence-electron chi connectivity index (χ3n) is 4.65. The number of alkyl halides is 6. The van der Waals surface area contributed by atoms with Crippen LogP contribution < -0.4 is 15.9 Å². The third-order valence-corrected chi connectivity index (χ3v) is 4.65. The van der Waals surface area contributed by atoms with Crippen LogP contribution in [-0.4, -0.2) is 27.9 Å². The maximum absolute atomic E-state index is 13.3. The molecule has 3 rings (SSSR count). The fourth-order valence-corrected chi connectivity index (χ4v) is 3.16. The molecule has 188 valence electrons. The molecule has 0 saturated carbocycles. The number of rotatable bonds is 5. The van der Waals surface area contributed by atoms with Crippen LogP contribution in [0.5, 0.6) is 0 Å². The summed E-state index contributed by atoms with van der Waals surface area (Å²) in [6.07, 6.45) is -10.4. The molecule has 0 spiro atoms. The molecule has 2 aromatic rings. The van der Waals surface area contributed by atoms with Crippen LogP contribution in [0.25, 0.3) is 5.70 Å². The summed E-state index contributed by atoms with van der Waals surface area (Å²) < 4.78 is 84.9. The number of ether oxygens (including phenoxy) is 1. The summed E-state index contributed by atoms with van der Waals surface area (Å²) in [6.45, 7) is 1.18. The highest BCUT2D eigenvalue weighted by atomic mass is 19.4. The minimum atomic E-state index is -5.18. The molecule has 0 saturated heterocycles. The number of esters is 1. The molecule has 0 aromatic heterocycles. The molecule has 0 radical (unpaired) electrons. The van der Waals surface area contributed by atoms with Gasteiger partial charge in [0.05, 0.1) is 39.7 Å². The Kier molecular flexibility index (Phi) is 6.54. The molecular weight excluding hydrogens is 494 g/mol. The van der Waals surface area contributed by atoms with Gasteiger partial charge in [0.15, 0.2) is 5.69 Å². The number of hydrogen-bond donors (Lipinski definition) is 4. The zero-order valence-electron chi connectivity index (χ0n) is 17.3. The normalized spacial score (nSPS) is 13.5. The van der Waals surface area contributed by atoms with E-state index in [9.17, 15) is 51.7 Å². The second-order valence-corrected chi connectivity index (χ2v) is 6.95. The van der Waals surface area contributed by atoms with Crippen molar-refractivity contribution in [3.63, 3.8) is 0 Å². The van der Waals surface area contributed by atoms with E-state index in [0.717, 1.165) is 12.1 Å². The largest absolute Gasteiger partial charge is 0.461 e. The average Bonchev–Trinajstić information content (AvgIpc) is 2.75. The van der Waals surface area contributed by atoms with Crippen LogP contribution in [-0.2, 0) is 21.9 Å².